The number of thioether (sulfide) groups is 1. The van der Waals surface area contributed by atoms with E-state index in [0.717, 1.165) is 9.37 Å². The Morgan fingerprint density at radius 3 is 2.74 bits per heavy atom. The quantitative estimate of drug-likeness (QED) is 0.210. The summed E-state index contributed by atoms with van der Waals surface area (Å²) < 4.78 is 6.85. The fraction of sp³-hybridized carbons (Fsp3) is 0.0769. The summed E-state index contributed by atoms with van der Waals surface area (Å²) in [4.78, 5) is 22.5. The molecule has 1 N–H and O–H groups in total. The van der Waals surface area contributed by atoms with E-state index in [2.05, 4.69) is 26.5 Å². The second kappa shape index (κ2) is 8.45. The van der Waals surface area contributed by atoms with Gasteiger partial charge in [-0.05, 0) is 28.1 Å². The first-order valence-corrected chi connectivity index (χ1v) is 8.95. The van der Waals surface area contributed by atoms with Crippen LogP contribution in [-0.4, -0.2) is 22.8 Å². The standard InChI is InChI=1S/C13H9BrIN3O4S/c14-11-5-9(22-13(11)15)6-16-17-12(19)7-23-10-3-1-8(2-4-10)18(20)21/h1-6H,7H2,(H,17,19)/b16-6+. The van der Waals surface area contributed by atoms with E-state index < -0.39 is 4.92 Å². The molecule has 0 radical (unpaired) electrons. The molecule has 0 fully saturated rings. The number of hydrazone groups is 1. The molecule has 0 atom stereocenters. The lowest BCUT2D eigenvalue weighted by Crippen LogP contribution is -2.19. The van der Waals surface area contributed by atoms with Crippen molar-refractivity contribution in [2.24, 2.45) is 5.10 Å². The predicted molar refractivity (Wildman–Crippen MR) is 98.7 cm³/mol. The predicted octanol–water partition coefficient (Wildman–Crippen LogP) is 3.80. The Kier molecular flexibility index (Phi) is 6.59. The van der Waals surface area contributed by atoms with E-state index >= 15 is 0 Å². The van der Waals surface area contributed by atoms with Crippen LogP contribution < -0.4 is 5.43 Å². The van der Waals surface area contributed by atoms with Crippen molar-refractivity contribution in [3.05, 3.63) is 54.4 Å². The second-order valence-electron chi connectivity index (χ2n) is 4.10. The average molecular weight is 510 g/mol. The van der Waals surface area contributed by atoms with Crippen molar-refractivity contribution in [2.45, 2.75) is 4.90 Å². The molecule has 23 heavy (non-hydrogen) atoms. The van der Waals surface area contributed by atoms with Crippen LogP contribution in [0.5, 0.6) is 0 Å². The summed E-state index contributed by atoms with van der Waals surface area (Å²) in [5.74, 6) is 0.378. The molecule has 0 bridgehead atoms. The molecule has 0 saturated carbocycles. The van der Waals surface area contributed by atoms with Crippen LogP contribution in [0.2, 0.25) is 0 Å². The van der Waals surface area contributed by atoms with Gasteiger partial charge in [0, 0.05) is 45.7 Å². The van der Waals surface area contributed by atoms with Gasteiger partial charge in [-0.25, -0.2) is 5.43 Å². The summed E-state index contributed by atoms with van der Waals surface area (Å²) in [6, 6.07) is 7.73. The zero-order chi connectivity index (χ0) is 16.8. The third-order valence-electron chi connectivity index (χ3n) is 2.46. The zero-order valence-corrected chi connectivity index (χ0v) is 15.9. The number of furan rings is 1. The fourth-order valence-corrected chi connectivity index (χ4v) is 2.85. The van der Waals surface area contributed by atoms with Gasteiger partial charge < -0.3 is 4.42 Å². The maximum absolute atomic E-state index is 11.7. The molecule has 1 aromatic heterocycles. The van der Waals surface area contributed by atoms with Crippen molar-refractivity contribution < 1.29 is 14.1 Å². The number of nitro benzene ring substituents is 1. The largest absolute Gasteiger partial charge is 0.448 e. The maximum Gasteiger partial charge on any atom is 0.269 e. The monoisotopic (exact) mass is 509 g/mol. The molecule has 1 amide bonds. The summed E-state index contributed by atoms with van der Waals surface area (Å²) in [7, 11) is 0. The van der Waals surface area contributed by atoms with E-state index in [9.17, 15) is 14.9 Å². The summed E-state index contributed by atoms with van der Waals surface area (Å²) in [5.41, 5.74) is 2.40. The lowest BCUT2D eigenvalue weighted by molar-refractivity contribution is -0.384. The summed E-state index contributed by atoms with van der Waals surface area (Å²) in [5, 5.41) is 14.3. The Hall–Kier alpha value is -1.40. The second-order valence-corrected chi connectivity index (χ2v) is 6.99. The van der Waals surface area contributed by atoms with Gasteiger partial charge in [0.05, 0.1) is 21.4 Å². The van der Waals surface area contributed by atoms with Gasteiger partial charge in [-0.1, -0.05) is 0 Å². The van der Waals surface area contributed by atoms with Gasteiger partial charge in [0.1, 0.15) is 5.76 Å². The highest BCUT2D eigenvalue weighted by Crippen LogP contribution is 2.22. The number of amides is 1. The van der Waals surface area contributed by atoms with Gasteiger partial charge in [-0.2, -0.15) is 5.10 Å². The molecule has 0 aliphatic rings. The van der Waals surface area contributed by atoms with E-state index in [1.54, 1.807) is 18.2 Å². The molecule has 0 spiro atoms. The minimum absolute atomic E-state index is 0.0163. The third-order valence-corrected chi connectivity index (χ3v) is 5.61. The summed E-state index contributed by atoms with van der Waals surface area (Å²) in [6.07, 6.45) is 1.40. The lowest BCUT2D eigenvalue weighted by Gasteiger charge is -2.00. The fourth-order valence-electron chi connectivity index (χ4n) is 1.44. The number of hydrogen-bond donors (Lipinski definition) is 1. The van der Waals surface area contributed by atoms with E-state index in [1.165, 1.54) is 30.1 Å². The Morgan fingerprint density at radius 1 is 1.48 bits per heavy atom. The number of non-ortho nitro benzene ring substituents is 1. The van der Waals surface area contributed by atoms with Crippen LogP contribution in [0.1, 0.15) is 5.76 Å². The van der Waals surface area contributed by atoms with E-state index in [-0.39, 0.29) is 17.3 Å². The molecule has 1 aromatic carbocycles. The van der Waals surface area contributed by atoms with Gasteiger partial charge in [-0.3, -0.25) is 14.9 Å². The number of hydrogen-bond acceptors (Lipinski definition) is 6. The number of nitrogens with one attached hydrogen (secondary N) is 1. The van der Waals surface area contributed by atoms with Gasteiger partial charge in [-0.15, -0.1) is 11.8 Å². The molecule has 7 nitrogen and oxygen atoms in total. The van der Waals surface area contributed by atoms with Crippen molar-refractivity contribution in [1.82, 2.24) is 5.43 Å². The normalized spacial score (nSPS) is 10.9. The number of rotatable bonds is 6. The Bertz CT molecular complexity index is 729. The molecule has 2 aromatic rings. The van der Waals surface area contributed by atoms with Crippen LogP contribution in [0, 0.1) is 13.9 Å². The van der Waals surface area contributed by atoms with Crippen LogP contribution in [0.3, 0.4) is 0 Å². The first kappa shape index (κ1) is 17.9. The van der Waals surface area contributed by atoms with E-state index in [1.807, 2.05) is 22.6 Å². The van der Waals surface area contributed by atoms with Crippen molar-refractivity contribution in [3.63, 3.8) is 0 Å². The van der Waals surface area contributed by atoms with E-state index in [4.69, 9.17) is 4.42 Å². The van der Waals surface area contributed by atoms with Gasteiger partial charge >= 0.3 is 0 Å². The molecule has 10 heteroatoms. The smallest absolute Gasteiger partial charge is 0.269 e. The molecule has 0 aliphatic carbocycles. The third kappa shape index (κ3) is 5.62. The zero-order valence-electron chi connectivity index (χ0n) is 11.4. The van der Waals surface area contributed by atoms with Crippen LogP contribution in [-0.2, 0) is 4.79 Å². The highest BCUT2D eigenvalue weighted by molar-refractivity contribution is 14.1. The minimum atomic E-state index is -0.468. The van der Waals surface area contributed by atoms with Crippen LogP contribution in [0.15, 0.2) is 49.2 Å². The van der Waals surface area contributed by atoms with Crippen molar-refractivity contribution >= 4 is 68.1 Å². The highest BCUT2D eigenvalue weighted by Gasteiger charge is 2.06. The van der Waals surface area contributed by atoms with Crippen LogP contribution in [0.25, 0.3) is 0 Å². The highest BCUT2D eigenvalue weighted by atomic mass is 127. The molecule has 2 rings (SSSR count). The summed E-state index contributed by atoms with van der Waals surface area (Å²) >= 11 is 6.60. The average Bonchev–Trinajstić information content (AvgIpc) is 2.84. The molecule has 0 aliphatic heterocycles. The Labute approximate surface area is 157 Å². The molecule has 1 heterocycles. The van der Waals surface area contributed by atoms with Gasteiger partial charge in [0.15, 0.2) is 3.77 Å². The van der Waals surface area contributed by atoms with Crippen molar-refractivity contribution in [1.29, 1.82) is 0 Å². The van der Waals surface area contributed by atoms with Gasteiger partial charge in [0.2, 0.25) is 5.91 Å². The number of nitro groups is 1. The Morgan fingerprint density at radius 2 is 2.17 bits per heavy atom. The molecule has 0 unspecified atom stereocenters. The summed E-state index contributed by atoms with van der Waals surface area (Å²) in [6.45, 7) is 0. The SMILES string of the molecule is O=C(CSc1ccc([N+](=O)[O-])cc1)N/N=C/c1cc(Br)c(I)o1. The number of carbonyl (C=O) groups is 1. The van der Waals surface area contributed by atoms with Crippen molar-refractivity contribution in [2.75, 3.05) is 5.75 Å². The number of halogens is 2. The molecule has 120 valence electrons. The number of carbonyl (C=O) groups excluding carboxylic acids is 1. The topological polar surface area (TPSA) is 97.7 Å². The number of benzene rings is 1. The minimum Gasteiger partial charge on any atom is -0.448 e. The van der Waals surface area contributed by atoms with Gasteiger partial charge in [0.25, 0.3) is 5.69 Å². The van der Waals surface area contributed by atoms with E-state index in [0.29, 0.717) is 9.53 Å². The van der Waals surface area contributed by atoms with Crippen LogP contribution >= 0.6 is 50.3 Å². The Balaban J connectivity index is 1.79. The first-order chi connectivity index (χ1) is 11.0. The number of nitrogens with zero attached hydrogens (tertiary/aromatic N) is 2. The molecular formula is C13H9BrIN3O4S. The molecular weight excluding hydrogens is 501 g/mol. The van der Waals surface area contributed by atoms with Crippen LogP contribution in [0.4, 0.5) is 5.69 Å². The molecule has 0 saturated heterocycles. The first-order valence-electron chi connectivity index (χ1n) is 6.09. The maximum atomic E-state index is 11.7. The lowest BCUT2D eigenvalue weighted by atomic mass is 10.3. The van der Waals surface area contributed by atoms with Crippen molar-refractivity contribution in [3.8, 4) is 0 Å².